The Morgan fingerprint density at radius 3 is 2.62 bits per heavy atom. The second-order valence-corrected chi connectivity index (χ2v) is 7.03. The van der Waals surface area contributed by atoms with Crippen molar-refractivity contribution in [1.29, 1.82) is 0 Å². The van der Waals surface area contributed by atoms with E-state index in [2.05, 4.69) is 15.3 Å². The van der Waals surface area contributed by atoms with Gasteiger partial charge >= 0.3 is 6.03 Å². The first-order valence-electron chi connectivity index (χ1n) is 9.30. The van der Waals surface area contributed by atoms with Crippen molar-refractivity contribution in [3.05, 3.63) is 42.6 Å². The molecule has 2 aliphatic rings. The molecule has 7 heteroatoms. The molecular weight excluding hydrogens is 330 g/mol. The molecule has 0 bridgehead atoms. The summed E-state index contributed by atoms with van der Waals surface area (Å²) < 4.78 is 1.70. The summed E-state index contributed by atoms with van der Waals surface area (Å²) in [5, 5.41) is 17.7. The molecule has 138 valence electrons. The van der Waals surface area contributed by atoms with Crippen LogP contribution < -0.4 is 5.32 Å². The van der Waals surface area contributed by atoms with E-state index < -0.39 is 6.10 Å². The molecule has 2 aromatic rings. The number of carbonyl (C=O) groups is 1. The molecule has 4 rings (SSSR count). The van der Waals surface area contributed by atoms with Crippen LogP contribution in [0.5, 0.6) is 0 Å². The quantitative estimate of drug-likeness (QED) is 0.882. The number of amides is 2. The third-order valence-corrected chi connectivity index (χ3v) is 5.28. The van der Waals surface area contributed by atoms with Crippen LogP contribution in [0.3, 0.4) is 0 Å². The van der Waals surface area contributed by atoms with Gasteiger partial charge in [-0.05, 0) is 38.1 Å². The van der Waals surface area contributed by atoms with Gasteiger partial charge in [-0.2, -0.15) is 5.10 Å². The van der Waals surface area contributed by atoms with Crippen LogP contribution >= 0.6 is 0 Å². The topological polar surface area (TPSA) is 73.6 Å². The van der Waals surface area contributed by atoms with Gasteiger partial charge in [-0.15, -0.1) is 0 Å². The largest absolute Gasteiger partial charge is 0.390 e. The molecule has 1 aromatic heterocycles. The highest BCUT2D eigenvalue weighted by Crippen LogP contribution is 2.22. The number of para-hydroxylation sites is 1. The van der Waals surface area contributed by atoms with Gasteiger partial charge in [0.25, 0.3) is 0 Å². The van der Waals surface area contributed by atoms with E-state index in [-0.39, 0.29) is 12.1 Å². The molecule has 2 fully saturated rings. The summed E-state index contributed by atoms with van der Waals surface area (Å²) in [5.74, 6) is 0.622. The van der Waals surface area contributed by atoms with Crippen molar-refractivity contribution >= 4 is 11.8 Å². The highest BCUT2D eigenvalue weighted by atomic mass is 16.3. The number of likely N-dealkylation sites (tertiary alicyclic amines) is 2. The minimum Gasteiger partial charge on any atom is -0.390 e. The summed E-state index contributed by atoms with van der Waals surface area (Å²) in [7, 11) is 0. The van der Waals surface area contributed by atoms with Gasteiger partial charge < -0.3 is 10.0 Å². The number of hydrogen-bond donors (Lipinski definition) is 2. The Hall–Kier alpha value is -2.38. The van der Waals surface area contributed by atoms with Crippen molar-refractivity contribution in [2.24, 2.45) is 0 Å². The standard InChI is InChI=1S/C19H25N5O2/c25-17-14-23(13-16(17)22-11-5-2-6-12-22)19(26)21-18-9-10-20-24(18)15-7-3-1-4-8-15/h1,3-4,7-10,16-17,25H,2,5-6,11-14H2,(H,21,26)/t16-,17-/m1/s1. The number of nitrogens with one attached hydrogen (secondary N) is 1. The van der Waals surface area contributed by atoms with Crippen LogP contribution in [0.2, 0.25) is 0 Å². The van der Waals surface area contributed by atoms with Gasteiger partial charge in [0.05, 0.1) is 30.6 Å². The second-order valence-electron chi connectivity index (χ2n) is 7.03. The summed E-state index contributed by atoms with van der Waals surface area (Å²) in [6, 6.07) is 11.3. The van der Waals surface area contributed by atoms with Crippen LogP contribution in [0.25, 0.3) is 5.69 Å². The van der Waals surface area contributed by atoms with E-state index in [0.717, 1.165) is 18.8 Å². The monoisotopic (exact) mass is 355 g/mol. The van der Waals surface area contributed by atoms with Crippen molar-refractivity contribution in [3.8, 4) is 5.69 Å². The number of benzene rings is 1. The Kier molecular flexibility index (Phi) is 4.90. The normalized spacial score (nSPS) is 24.0. The number of aliphatic hydroxyl groups is 1. The zero-order valence-electron chi connectivity index (χ0n) is 14.8. The highest BCUT2D eigenvalue weighted by Gasteiger charge is 2.38. The molecule has 26 heavy (non-hydrogen) atoms. The molecule has 0 radical (unpaired) electrons. The van der Waals surface area contributed by atoms with E-state index in [1.165, 1.54) is 19.3 Å². The summed E-state index contributed by atoms with van der Waals surface area (Å²) >= 11 is 0. The van der Waals surface area contributed by atoms with Crippen LogP contribution in [0, 0.1) is 0 Å². The fourth-order valence-corrected chi connectivity index (χ4v) is 3.91. The average molecular weight is 355 g/mol. The summed E-state index contributed by atoms with van der Waals surface area (Å²) in [6.45, 7) is 2.95. The third kappa shape index (κ3) is 3.45. The van der Waals surface area contributed by atoms with Crippen LogP contribution in [0.4, 0.5) is 10.6 Å². The molecule has 2 saturated heterocycles. The fourth-order valence-electron chi connectivity index (χ4n) is 3.91. The lowest BCUT2D eigenvalue weighted by Crippen LogP contribution is -2.46. The number of nitrogens with zero attached hydrogens (tertiary/aromatic N) is 4. The van der Waals surface area contributed by atoms with Crippen molar-refractivity contribution < 1.29 is 9.90 Å². The first-order valence-corrected chi connectivity index (χ1v) is 9.30. The van der Waals surface area contributed by atoms with Crippen LogP contribution in [0.15, 0.2) is 42.6 Å². The lowest BCUT2D eigenvalue weighted by molar-refractivity contribution is 0.0706. The van der Waals surface area contributed by atoms with E-state index in [9.17, 15) is 9.90 Å². The summed E-state index contributed by atoms with van der Waals surface area (Å²) in [6.07, 6.45) is 4.78. The van der Waals surface area contributed by atoms with E-state index in [4.69, 9.17) is 0 Å². The molecule has 0 saturated carbocycles. The lowest BCUT2D eigenvalue weighted by Gasteiger charge is -2.33. The third-order valence-electron chi connectivity index (χ3n) is 5.28. The minimum atomic E-state index is -0.488. The molecule has 3 heterocycles. The molecule has 2 atom stereocenters. The molecule has 2 aliphatic heterocycles. The Balaban J connectivity index is 1.42. The van der Waals surface area contributed by atoms with Crippen molar-refractivity contribution in [2.45, 2.75) is 31.4 Å². The molecule has 1 aromatic carbocycles. The van der Waals surface area contributed by atoms with Crippen LogP contribution in [-0.2, 0) is 0 Å². The molecule has 0 unspecified atom stereocenters. The van der Waals surface area contributed by atoms with Gasteiger partial charge in [-0.1, -0.05) is 24.6 Å². The zero-order chi connectivity index (χ0) is 17.9. The second kappa shape index (κ2) is 7.47. The number of aromatic nitrogens is 2. The Morgan fingerprint density at radius 2 is 1.85 bits per heavy atom. The fraction of sp³-hybridized carbons (Fsp3) is 0.474. The maximum absolute atomic E-state index is 12.7. The molecule has 0 spiro atoms. The van der Waals surface area contributed by atoms with Gasteiger partial charge in [0.2, 0.25) is 0 Å². The van der Waals surface area contributed by atoms with Gasteiger partial charge in [-0.25, -0.2) is 9.48 Å². The maximum atomic E-state index is 12.7. The number of β-amino-alcohol motifs (C(OH)–C–C–N with tert-alkyl or cyclic N) is 1. The lowest BCUT2D eigenvalue weighted by atomic mass is 10.1. The van der Waals surface area contributed by atoms with E-state index in [1.54, 1.807) is 21.8 Å². The Labute approximate surface area is 153 Å². The Bertz CT molecular complexity index is 741. The smallest absolute Gasteiger partial charge is 0.323 e. The molecular formula is C19H25N5O2. The first kappa shape index (κ1) is 17.1. The van der Waals surface area contributed by atoms with Crippen LogP contribution in [0.1, 0.15) is 19.3 Å². The molecule has 2 N–H and O–H groups in total. The molecule has 7 nitrogen and oxygen atoms in total. The highest BCUT2D eigenvalue weighted by molar-refractivity contribution is 5.89. The number of anilines is 1. The number of piperidine rings is 1. The SMILES string of the molecule is O=C(Nc1ccnn1-c1ccccc1)N1C[C@@H](O)[C@H](N2CCCCC2)C1. The van der Waals surface area contributed by atoms with Crippen LogP contribution in [-0.4, -0.2) is 69.0 Å². The van der Waals surface area contributed by atoms with Crippen molar-refractivity contribution in [2.75, 3.05) is 31.5 Å². The molecule has 2 amide bonds. The minimum absolute atomic E-state index is 0.0417. The van der Waals surface area contributed by atoms with Crippen molar-refractivity contribution in [3.63, 3.8) is 0 Å². The predicted molar refractivity (Wildman–Crippen MR) is 99.4 cm³/mol. The summed E-state index contributed by atoms with van der Waals surface area (Å²) in [4.78, 5) is 16.7. The van der Waals surface area contributed by atoms with E-state index >= 15 is 0 Å². The van der Waals surface area contributed by atoms with Gasteiger partial charge in [0.15, 0.2) is 0 Å². The zero-order valence-corrected chi connectivity index (χ0v) is 14.8. The number of carbonyl (C=O) groups excluding carboxylic acids is 1. The maximum Gasteiger partial charge on any atom is 0.323 e. The van der Waals surface area contributed by atoms with Gasteiger partial charge in [0, 0.05) is 12.6 Å². The van der Waals surface area contributed by atoms with Gasteiger partial charge in [0.1, 0.15) is 5.82 Å². The van der Waals surface area contributed by atoms with Crippen molar-refractivity contribution in [1.82, 2.24) is 19.6 Å². The Morgan fingerprint density at radius 1 is 1.08 bits per heavy atom. The number of aliphatic hydroxyl groups excluding tert-OH is 1. The first-order chi connectivity index (χ1) is 12.7. The van der Waals surface area contributed by atoms with E-state index in [0.29, 0.717) is 18.9 Å². The average Bonchev–Trinajstić information content (AvgIpc) is 3.30. The number of hydrogen-bond acceptors (Lipinski definition) is 4. The van der Waals surface area contributed by atoms with Gasteiger partial charge in [-0.3, -0.25) is 10.2 Å². The summed E-state index contributed by atoms with van der Waals surface area (Å²) in [5.41, 5.74) is 0.889. The predicted octanol–water partition coefficient (Wildman–Crippen LogP) is 1.94. The number of rotatable bonds is 3. The number of urea groups is 1. The molecule has 0 aliphatic carbocycles. The van der Waals surface area contributed by atoms with E-state index in [1.807, 2.05) is 30.3 Å².